The number of benzene rings is 2. The highest BCUT2D eigenvalue weighted by atomic mass is 35.5. The maximum absolute atomic E-state index is 13.1. The van der Waals surface area contributed by atoms with Crippen LogP contribution >= 0.6 is 23.2 Å². The topological polar surface area (TPSA) is 49.4 Å². The highest BCUT2D eigenvalue weighted by molar-refractivity contribution is 6.42. The van der Waals surface area contributed by atoms with Crippen molar-refractivity contribution >= 4 is 35.0 Å². The van der Waals surface area contributed by atoms with Crippen molar-refractivity contribution in [2.24, 2.45) is 0 Å². The standard InChI is InChI=1S/C24H30Cl2N2O2/c1-16-6-8-18(9-7-16)11-13-22(29)28(17(2)23(30)27-24(3,4)5)15-19-10-12-20(25)21(26)14-19/h6-10,12,14,17H,11,13,15H2,1-5H3,(H,27,30). The molecule has 0 spiro atoms. The molecule has 0 radical (unpaired) electrons. The number of nitrogens with zero attached hydrogens (tertiary/aromatic N) is 1. The minimum absolute atomic E-state index is 0.0850. The van der Waals surface area contributed by atoms with Gasteiger partial charge in [-0.3, -0.25) is 9.59 Å². The van der Waals surface area contributed by atoms with Crippen LogP contribution in [-0.2, 0) is 22.6 Å². The lowest BCUT2D eigenvalue weighted by molar-refractivity contribution is -0.141. The van der Waals surface area contributed by atoms with Crippen molar-refractivity contribution in [1.29, 1.82) is 0 Å². The normalized spacial score (nSPS) is 12.4. The molecule has 0 bridgehead atoms. The number of hydrogen-bond acceptors (Lipinski definition) is 2. The monoisotopic (exact) mass is 448 g/mol. The fourth-order valence-electron chi connectivity index (χ4n) is 3.04. The number of halogens is 2. The zero-order chi connectivity index (χ0) is 22.5. The molecular weight excluding hydrogens is 419 g/mol. The first-order valence-corrected chi connectivity index (χ1v) is 10.8. The maximum Gasteiger partial charge on any atom is 0.242 e. The fourth-order valence-corrected chi connectivity index (χ4v) is 3.36. The molecule has 2 amide bonds. The number of amides is 2. The Morgan fingerprint density at radius 1 is 1.00 bits per heavy atom. The summed E-state index contributed by atoms with van der Waals surface area (Å²) in [6.07, 6.45) is 0.933. The molecule has 0 fully saturated rings. The minimum Gasteiger partial charge on any atom is -0.350 e. The van der Waals surface area contributed by atoms with Crippen LogP contribution in [0.2, 0.25) is 10.0 Å². The molecule has 0 saturated carbocycles. The zero-order valence-corrected chi connectivity index (χ0v) is 19.8. The smallest absolute Gasteiger partial charge is 0.242 e. The van der Waals surface area contributed by atoms with Gasteiger partial charge in [0.15, 0.2) is 0 Å². The van der Waals surface area contributed by atoms with E-state index >= 15 is 0 Å². The highest BCUT2D eigenvalue weighted by Crippen LogP contribution is 2.24. The zero-order valence-electron chi connectivity index (χ0n) is 18.3. The largest absolute Gasteiger partial charge is 0.350 e. The van der Waals surface area contributed by atoms with E-state index in [-0.39, 0.29) is 23.9 Å². The van der Waals surface area contributed by atoms with Crippen LogP contribution in [0.1, 0.15) is 50.8 Å². The Morgan fingerprint density at radius 2 is 1.60 bits per heavy atom. The Morgan fingerprint density at radius 3 is 2.17 bits per heavy atom. The summed E-state index contributed by atoms with van der Waals surface area (Å²) < 4.78 is 0. The van der Waals surface area contributed by atoms with Gasteiger partial charge in [0.1, 0.15) is 6.04 Å². The summed E-state index contributed by atoms with van der Waals surface area (Å²) in [6.45, 7) is 9.81. The Hall–Kier alpha value is -2.04. The summed E-state index contributed by atoms with van der Waals surface area (Å²) in [5.74, 6) is -0.274. The number of carbonyl (C=O) groups is 2. The van der Waals surface area contributed by atoms with Gasteiger partial charge in [0.2, 0.25) is 11.8 Å². The SMILES string of the molecule is Cc1ccc(CCC(=O)N(Cc2ccc(Cl)c(Cl)c2)C(C)C(=O)NC(C)(C)C)cc1. The molecule has 6 heteroatoms. The number of nitrogens with one attached hydrogen (secondary N) is 1. The molecule has 4 nitrogen and oxygen atoms in total. The van der Waals surface area contributed by atoms with Crippen molar-refractivity contribution in [1.82, 2.24) is 10.2 Å². The first-order chi connectivity index (χ1) is 14.0. The Labute approximate surface area is 189 Å². The third kappa shape index (κ3) is 7.33. The van der Waals surface area contributed by atoms with E-state index in [1.54, 1.807) is 24.0 Å². The van der Waals surface area contributed by atoms with Crippen molar-refractivity contribution < 1.29 is 9.59 Å². The minimum atomic E-state index is -0.621. The summed E-state index contributed by atoms with van der Waals surface area (Å²) in [5, 5.41) is 3.84. The van der Waals surface area contributed by atoms with E-state index in [0.29, 0.717) is 22.9 Å². The second-order valence-corrected chi connectivity index (χ2v) is 9.49. The van der Waals surface area contributed by atoms with Gasteiger partial charge < -0.3 is 10.2 Å². The molecule has 0 heterocycles. The van der Waals surface area contributed by atoms with E-state index < -0.39 is 6.04 Å². The van der Waals surface area contributed by atoms with Crippen molar-refractivity contribution in [2.75, 3.05) is 0 Å². The number of aryl methyl sites for hydroxylation is 2. The maximum atomic E-state index is 13.1. The molecule has 1 N–H and O–H groups in total. The average Bonchev–Trinajstić information content (AvgIpc) is 2.66. The summed E-state index contributed by atoms with van der Waals surface area (Å²) >= 11 is 12.2. The first-order valence-electron chi connectivity index (χ1n) is 10.1. The lowest BCUT2D eigenvalue weighted by Crippen LogP contribution is -2.52. The van der Waals surface area contributed by atoms with Gasteiger partial charge in [-0.15, -0.1) is 0 Å². The highest BCUT2D eigenvalue weighted by Gasteiger charge is 2.28. The Bertz CT molecular complexity index is 889. The predicted molar refractivity (Wildman–Crippen MR) is 124 cm³/mol. The molecule has 2 rings (SSSR count). The average molecular weight is 449 g/mol. The predicted octanol–water partition coefficient (Wildman–Crippen LogP) is 5.57. The lowest BCUT2D eigenvalue weighted by atomic mass is 10.1. The van der Waals surface area contributed by atoms with Crippen LogP contribution in [0, 0.1) is 6.92 Å². The van der Waals surface area contributed by atoms with Gasteiger partial charge in [0, 0.05) is 18.5 Å². The molecule has 2 aromatic carbocycles. The Kier molecular flexibility index (Phi) is 8.34. The molecule has 0 aliphatic heterocycles. The van der Waals surface area contributed by atoms with Crippen molar-refractivity contribution in [3.05, 3.63) is 69.2 Å². The summed E-state index contributed by atoms with van der Waals surface area (Å²) in [5.41, 5.74) is 2.71. The molecular formula is C24H30Cl2N2O2. The van der Waals surface area contributed by atoms with E-state index in [2.05, 4.69) is 5.32 Å². The van der Waals surface area contributed by atoms with Crippen LogP contribution < -0.4 is 5.32 Å². The van der Waals surface area contributed by atoms with Crippen molar-refractivity contribution in [3.8, 4) is 0 Å². The van der Waals surface area contributed by atoms with E-state index in [4.69, 9.17) is 23.2 Å². The third-order valence-electron chi connectivity index (χ3n) is 4.75. The number of hydrogen-bond donors (Lipinski definition) is 1. The van der Waals surface area contributed by atoms with Gasteiger partial charge in [0.25, 0.3) is 0 Å². The molecule has 1 atom stereocenters. The van der Waals surface area contributed by atoms with Crippen LogP contribution in [0.15, 0.2) is 42.5 Å². The molecule has 0 saturated heterocycles. The van der Waals surface area contributed by atoms with Gasteiger partial charge in [-0.2, -0.15) is 0 Å². The fraction of sp³-hybridized carbons (Fsp3) is 0.417. The molecule has 0 aromatic heterocycles. The van der Waals surface area contributed by atoms with Crippen molar-refractivity contribution in [2.45, 2.75) is 65.6 Å². The summed E-state index contributed by atoms with van der Waals surface area (Å²) in [7, 11) is 0. The first kappa shape index (κ1) is 24.2. The van der Waals surface area contributed by atoms with E-state index in [1.165, 1.54) is 5.56 Å². The summed E-state index contributed by atoms with van der Waals surface area (Å²) in [6, 6.07) is 12.8. The molecule has 162 valence electrons. The molecule has 0 aliphatic rings. The number of rotatable bonds is 7. The number of carbonyl (C=O) groups excluding carboxylic acids is 2. The van der Waals surface area contributed by atoms with E-state index in [9.17, 15) is 9.59 Å². The van der Waals surface area contributed by atoms with Crippen LogP contribution in [0.3, 0.4) is 0 Å². The molecule has 0 aliphatic carbocycles. The summed E-state index contributed by atoms with van der Waals surface area (Å²) in [4.78, 5) is 27.5. The second kappa shape index (κ2) is 10.3. The molecule has 30 heavy (non-hydrogen) atoms. The molecule has 2 aromatic rings. The Balaban J connectivity index is 2.19. The quantitative estimate of drug-likeness (QED) is 0.601. The van der Waals surface area contributed by atoms with Gasteiger partial charge in [-0.25, -0.2) is 0 Å². The van der Waals surface area contributed by atoms with Crippen LogP contribution in [0.25, 0.3) is 0 Å². The van der Waals surface area contributed by atoms with Gasteiger partial charge in [-0.1, -0.05) is 59.1 Å². The third-order valence-corrected chi connectivity index (χ3v) is 5.49. The van der Waals surface area contributed by atoms with Gasteiger partial charge in [-0.05, 0) is 64.3 Å². The van der Waals surface area contributed by atoms with E-state index in [0.717, 1.165) is 11.1 Å². The van der Waals surface area contributed by atoms with E-state index in [1.807, 2.05) is 58.0 Å². The van der Waals surface area contributed by atoms with Gasteiger partial charge in [0.05, 0.1) is 10.0 Å². The molecule has 1 unspecified atom stereocenters. The van der Waals surface area contributed by atoms with Gasteiger partial charge >= 0.3 is 0 Å². The van der Waals surface area contributed by atoms with Crippen LogP contribution in [0.5, 0.6) is 0 Å². The van der Waals surface area contributed by atoms with Crippen LogP contribution in [-0.4, -0.2) is 28.3 Å². The second-order valence-electron chi connectivity index (χ2n) is 8.67. The lowest BCUT2D eigenvalue weighted by Gasteiger charge is -2.31. The van der Waals surface area contributed by atoms with Crippen LogP contribution in [0.4, 0.5) is 0 Å². The van der Waals surface area contributed by atoms with Crippen molar-refractivity contribution in [3.63, 3.8) is 0 Å².